The molecule has 0 heterocycles. The van der Waals surface area contributed by atoms with E-state index >= 15 is 0 Å². The van der Waals surface area contributed by atoms with Crippen LogP contribution in [-0.2, 0) is 9.84 Å². The van der Waals surface area contributed by atoms with Crippen molar-refractivity contribution in [1.82, 2.24) is 0 Å². The third-order valence-electron chi connectivity index (χ3n) is 2.80. The molecule has 0 amide bonds. The lowest BCUT2D eigenvalue weighted by Crippen LogP contribution is -2.30. The Hall–Kier alpha value is 0.430. The predicted molar refractivity (Wildman–Crippen MR) is 74.9 cm³/mol. The molecule has 0 rings (SSSR count). The Bertz CT molecular complexity index is 289. The van der Waals surface area contributed by atoms with Crippen molar-refractivity contribution < 1.29 is 8.42 Å². The second-order valence-electron chi connectivity index (χ2n) is 5.69. The third kappa shape index (κ3) is 5.67. The number of rotatable bonds is 6. The van der Waals surface area contributed by atoms with Gasteiger partial charge in [-0.25, -0.2) is 8.42 Å². The second kappa shape index (κ2) is 6.39. The molecule has 0 fully saturated rings. The topological polar surface area (TPSA) is 34.1 Å². The third-order valence-corrected chi connectivity index (χ3v) is 7.01. The average Bonchev–Trinajstić information content (AvgIpc) is 2.09. The first-order chi connectivity index (χ1) is 7.08. The molecule has 0 N–H and O–H groups in total. The largest absolute Gasteiger partial charge is 0.228 e. The van der Waals surface area contributed by atoms with Gasteiger partial charge in [-0.05, 0) is 39.5 Å². The zero-order valence-electron chi connectivity index (χ0n) is 11.1. The zero-order valence-corrected chi connectivity index (χ0v) is 13.5. The molecule has 0 aliphatic carbocycles. The van der Waals surface area contributed by atoms with E-state index in [1.165, 1.54) is 0 Å². The SMILES string of the molecule is CC(C)C(Br)CCCCS(=O)(=O)C(C)(C)C. The number of alkyl halides is 1. The molecule has 2 nitrogen and oxygen atoms in total. The Morgan fingerprint density at radius 3 is 2.00 bits per heavy atom. The fourth-order valence-electron chi connectivity index (χ4n) is 1.27. The van der Waals surface area contributed by atoms with Gasteiger partial charge < -0.3 is 0 Å². The first-order valence-electron chi connectivity index (χ1n) is 5.94. The molecule has 0 saturated carbocycles. The molecule has 0 spiro atoms. The number of hydrogen-bond donors (Lipinski definition) is 0. The molecule has 0 radical (unpaired) electrons. The van der Waals surface area contributed by atoms with Crippen LogP contribution < -0.4 is 0 Å². The van der Waals surface area contributed by atoms with Crippen LogP contribution >= 0.6 is 15.9 Å². The van der Waals surface area contributed by atoms with Gasteiger partial charge in [-0.3, -0.25) is 0 Å². The van der Waals surface area contributed by atoms with Gasteiger partial charge in [0.05, 0.1) is 10.5 Å². The Labute approximate surface area is 109 Å². The minimum absolute atomic E-state index is 0.314. The molecule has 0 aliphatic rings. The predicted octanol–water partition coefficient (Wildman–Crippen LogP) is 3.79. The van der Waals surface area contributed by atoms with Gasteiger partial charge in [0.15, 0.2) is 9.84 Å². The summed E-state index contributed by atoms with van der Waals surface area (Å²) < 4.78 is 23.0. The average molecular weight is 313 g/mol. The molecule has 0 aromatic carbocycles. The quantitative estimate of drug-likeness (QED) is 0.552. The van der Waals surface area contributed by atoms with Crippen molar-refractivity contribution in [3.63, 3.8) is 0 Å². The lowest BCUT2D eigenvalue weighted by atomic mass is 10.1. The highest BCUT2D eigenvalue weighted by molar-refractivity contribution is 9.09. The maximum absolute atomic E-state index is 11.8. The fraction of sp³-hybridized carbons (Fsp3) is 1.00. The van der Waals surface area contributed by atoms with Gasteiger partial charge in [-0.15, -0.1) is 0 Å². The lowest BCUT2D eigenvalue weighted by Gasteiger charge is -2.19. The van der Waals surface area contributed by atoms with E-state index in [1.54, 1.807) is 20.8 Å². The van der Waals surface area contributed by atoms with Gasteiger partial charge in [0, 0.05) is 4.83 Å². The monoisotopic (exact) mass is 312 g/mol. The van der Waals surface area contributed by atoms with E-state index in [0.29, 0.717) is 16.5 Å². The van der Waals surface area contributed by atoms with E-state index in [1.807, 2.05) is 0 Å². The standard InChI is InChI=1S/C12H25BrO2S/c1-10(2)11(13)8-6-7-9-16(14,15)12(3,4)5/h10-11H,6-9H2,1-5H3. The van der Waals surface area contributed by atoms with Crippen molar-refractivity contribution >= 4 is 25.8 Å². The molecule has 16 heavy (non-hydrogen) atoms. The van der Waals surface area contributed by atoms with Gasteiger partial charge in [0.2, 0.25) is 0 Å². The summed E-state index contributed by atoms with van der Waals surface area (Å²) in [4.78, 5) is 0.504. The maximum atomic E-state index is 11.8. The minimum atomic E-state index is -2.93. The van der Waals surface area contributed by atoms with Crippen LogP contribution in [-0.4, -0.2) is 23.7 Å². The molecule has 0 aromatic rings. The lowest BCUT2D eigenvalue weighted by molar-refractivity contribution is 0.541. The Morgan fingerprint density at radius 1 is 1.12 bits per heavy atom. The Morgan fingerprint density at radius 2 is 1.62 bits per heavy atom. The van der Waals surface area contributed by atoms with Crippen molar-refractivity contribution in [2.45, 2.75) is 63.5 Å². The van der Waals surface area contributed by atoms with E-state index in [2.05, 4.69) is 29.8 Å². The molecular formula is C12H25BrO2S. The summed E-state index contributed by atoms with van der Waals surface area (Å²) in [6.45, 7) is 9.65. The van der Waals surface area contributed by atoms with Crippen molar-refractivity contribution in [1.29, 1.82) is 0 Å². The van der Waals surface area contributed by atoms with Crippen LogP contribution in [0.15, 0.2) is 0 Å². The van der Waals surface area contributed by atoms with Crippen molar-refractivity contribution in [2.24, 2.45) is 5.92 Å². The summed E-state index contributed by atoms with van der Waals surface area (Å²) in [5.41, 5.74) is 0. The molecule has 0 bridgehead atoms. The molecule has 0 aromatic heterocycles. The first-order valence-corrected chi connectivity index (χ1v) is 8.51. The highest BCUT2D eigenvalue weighted by Crippen LogP contribution is 2.21. The fourth-order valence-corrected chi connectivity index (χ4v) is 2.79. The van der Waals surface area contributed by atoms with E-state index in [-0.39, 0.29) is 0 Å². The minimum Gasteiger partial charge on any atom is -0.228 e. The number of hydrogen-bond acceptors (Lipinski definition) is 2. The van der Waals surface area contributed by atoms with Gasteiger partial charge >= 0.3 is 0 Å². The van der Waals surface area contributed by atoms with Crippen molar-refractivity contribution in [3.8, 4) is 0 Å². The molecule has 1 unspecified atom stereocenters. The van der Waals surface area contributed by atoms with Gasteiger partial charge in [-0.1, -0.05) is 36.2 Å². The summed E-state index contributed by atoms with van der Waals surface area (Å²) in [5, 5.41) is 0. The zero-order chi connectivity index (χ0) is 13.0. The summed E-state index contributed by atoms with van der Waals surface area (Å²) in [5.74, 6) is 0.924. The second-order valence-corrected chi connectivity index (χ2v) is 9.73. The van der Waals surface area contributed by atoms with Crippen LogP contribution in [0.5, 0.6) is 0 Å². The van der Waals surface area contributed by atoms with Crippen LogP contribution in [0, 0.1) is 5.92 Å². The van der Waals surface area contributed by atoms with Gasteiger partial charge in [0.25, 0.3) is 0 Å². The van der Waals surface area contributed by atoms with Crippen LogP contribution in [0.25, 0.3) is 0 Å². The molecule has 0 saturated heterocycles. The van der Waals surface area contributed by atoms with E-state index in [9.17, 15) is 8.42 Å². The maximum Gasteiger partial charge on any atom is 0.155 e. The van der Waals surface area contributed by atoms with Crippen LogP contribution in [0.2, 0.25) is 0 Å². The molecular weight excluding hydrogens is 288 g/mol. The summed E-state index contributed by atoms with van der Waals surface area (Å²) in [6, 6.07) is 0. The van der Waals surface area contributed by atoms with E-state index in [0.717, 1.165) is 19.3 Å². The number of unbranched alkanes of at least 4 members (excludes halogenated alkanes) is 1. The first kappa shape index (κ1) is 16.4. The van der Waals surface area contributed by atoms with Crippen LogP contribution in [0.1, 0.15) is 53.9 Å². The molecule has 98 valence electrons. The summed E-state index contributed by atoms with van der Waals surface area (Å²) in [6.07, 6.45) is 2.80. The summed E-state index contributed by atoms with van der Waals surface area (Å²) in [7, 11) is -2.93. The van der Waals surface area contributed by atoms with E-state index < -0.39 is 14.6 Å². The van der Waals surface area contributed by atoms with Crippen molar-refractivity contribution in [2.75, 3.05) is 5.75 Å². The van der Waals surface area contributed by atoms with Gasteiger partial charge in [0.1, 0.15) is 0 Å². The Kier molecular flexibility index (Phi) is 6.56. The smallest absolute Gasteiger partial charge is 0.155 e. The molecule has 0 aliphatic heterocycles. The highest BCUT2D eigenvalue weighted by Gasteiger charge is 2.28. The van der Waals surface area contributed by atoms with Crippen molar-refractivity contribution in [3.05, 3.63) is 0 Å². The summed E-state index contributed by atoms with van der Waals surface area (Å²) >= 11 is 3.61. The normalized spacial score (nSPS) is 15.4. The van der Waals surface area contributed by atoms with Crippen LogP contribution in [0.3, 0.4) is 0 Å². The molecule has 1 atom stereocenters. The number of sulfone groups is 1. The van der Waals surface area contributed by atoms with Gasteiger partial charge in [-0.2, -0.15) is 0 Å². The van der Waals surface area contributed by atoms with Crippen LogP contribution in [0.4, 0.5) is 0 Å². The highest BCUT2D eigenvalue weighted by atomic mass is 79.9. The number of halogens is 1. The Balaban J connectivity index is 3.93. The molecule has 4 heteroatoms. The van der Waals surface area contributed by atoms with E-state index in [4.69, 9.17) is 0 Å².